The predicted molar refractivity (Wildman–Crippen MR) is 111 cm³/mol. The van der Waals surface area contributed by atoms with E-state index < -0.39 is 44.8 Å². The monoisotopic (exact) mass is 519 g/mol. The van der Waals surface area contributed by atoms with E-state index in [-0.39, 0.29) is 39.9 Å². The number of alkyl halides is 6. The summed E-state index contributed by atoms with van der Waals surface area (Å²) in [6.07, 6.45) is -10.3. The zero-order valence-electron chi connectivity index (χ0n) is 17.6. The highest BCUT2D eigenvalue weighted by Gasteiger charge is 2.42. The summed E-state index contributed by atoms with van der Waals surface area (Å²) in [7, 11) is -3.31. The van der Waals surface area contributed by atoms with Crippen molar-refractivity contribution in [3.63, 3.8) is 0 Å². The van der Waals surface area contributed by atoms with Gasteiger partial charge in [0.1, 0.15) is 5.75 Å². The number of hydrogen-bond acceptors (Lipinski definition) is 5. The highest BCUT2D eigenvalue weighted by Crippen LogP contribution is 2.49. The van der Waals surface area contributed by atoms with Crippen LogP contribution in [0, 0.1) is 0 Å². The van der Waals surface area contributed by atoms with Crippen LogP contribution in [0.2, 0.25) is 0 Å². The second-order valence-corrected chi connectivity index (χ2v) is 8.98. The molecule has 186 valence electrons. The second-order valence-electron chi connectivity index (χ2n) is 7.42. The molecule has 6 nitrogen and oxygen atoms in total. The molecule has 1 heterocycles. The van der Waals surface area contributed by atoms with Gasteiger partial charge in [-0.05, 0) is 58.7 Å². The van der Waals surface area contributed by atoms with E-state index in [2.05, 4.69) is 4.74 Å². The number of benzene rings is 3. The molecule has 0 saturated carbocycles. The Morgan fingerprint density at radius 2 is 1.26 bits per heavy atom. The lowest BCUT2D eigenvalue weighted by Crippen LogP contribution is -2.14. The molecule has 0 bridgehead atoms. The minimum atomic E-state index is -5.16. The summed E-state index contributed by atoms with van der Waals surface area (Å²) in [6, 6.07) is 8.70. The second kappa shape index (κ2) is 8.34. The van der Waals surface area contributed by atoms with Crippen molar-refractivity contribution >= 4 is 10.0 Å². The zero-order chi connectivity index (χ0) is 25.8. The molecule has 0 saturated heterocycles. The van der Waals surface area contributed by atoms with E-state index in [0.29, 0.717) is 12.1 Å². The number of fused-ring (bicyclic) bond motifs is 1. The highest BCUT2D eigenvalue weighted by atomic mass is 32.2. The van der Waals surface area contributed by atoms with E-state index in [1.165, 1.54) is 24.3 Å². The Kier molecular flexibility index (Phi) is 5.88. The summed E-state index contributed by atoms with van der Waals surface area (Å²) < 4.78 is 121. The van der Waals surface area contributed by atoms with Crippen LogP contribution in [0.5, 0.6) is 17.2 Å². The summed E-state index contributed by atoms with van der Waals surface area (Å²) in [5, 5.41) is 5.09. The van der Waals surface area contributed by atoms with E-state index in [0.717, 1.165) is 19.2 Å². The van der Waals surface area contributed by atoms with Crippen LogP contribution in [0.25, 0.3) is 22.3 Å². The number of rotatable bonds is 4. The molecule has 0 fully saturated rings. The molecule has 13 heteroatoms. The van der Waals surface area contributed by atoms with E-state index in [9.17, 15) is 34.8 Å². The Morgan fingerprint density at radius 3 is 1.66 bits per heavy atom. The Balaban J connectivity index is 2.02. The molecular formula is C22H15F6NO5S. The van der Waals surface area contributed by atoms with Gasteiger partial charge in [-0.2, -0.15) is 26.3 Å². The Labute approximate surface area is 194 Å². The normalized spacial score (nSPS) is 13.7. The summed E-state index contributed by atoms with van der Waals surface area (Å²) in [5.41, 5.74) is -3.24. The fourth-order valence-electron chi connectivity index (χ4n) is 3.67. The van der Waals surface area contributed by atoms with Crippen molar-refractivity contribution in [2.24, 2.45) is 5.14 Å². The van der Waals surface area contributed by atoms with Gasteiger partial charge in [-0.1, -0.05) is 12.1 Å². The van der Waals surface area contributed by atoms with Gasteiger partial charge in [0.05, 0.1) is 23.1 Å². The van der Waals surface area contributed by atoms with Crippen LogP contribution in [0.1, 0.15) is 11.1 Å². The lowest BCUT2D eigenvalue weighted by atomic mass is 9.91. The first-order chi connectivity index (χ1) is 16.2. The summed E-state index contributed by atoms with van der Waals surface area (Å²) in [4.78, 5) is -0.230. The van der Waals surface area contributed by atoms with Crippen LogP contribution in [-0.4, -0.2) is 22.3 Å². The topological polar surface area (TPSA) is 87.9 Å². The lowest BCUT2D eigenvalue weighted by molar-refractivity contribution is -0.145. The quantitative estimate of drug-likeness (QED) is 0.464. The van der Waals surface area contributed by atoms with Gasteiger partial charge < -0.3 is 14.2 Å². The molecule has 0 radical (unpaired) electrons. The van der Waals surface area contributed by atoms with Crippen molar-refractivity contribution in [3.05, 3.63) is 59.7 Å². The summed E-state index contributed by atoms with van der Waals surface area (Å²) in [5.74, 6) is -1.03. The van der Waals surface area contributed by atoms with Gasteiger partial charge in [0.15, 0.2) is 11.5 Å². The van der Waals surface area contributed by atoms with Crippen molar-refractivity contribution in [2.75, 3.05) is 13.9 Å². The molecule has 1 aliphatic rings. The average molecular weight is 519 g/mol. The maximum atomic E-state index is 13.7. The minimum absolute atomic E-state index is 0.0451. The predicted octanol–water partition coefficient (Wildman–Crippen LogP) is 5.44. The largest absolute Gasteiger partial charge is 0.495 e. The number of nitrogens with two attached hydrogens (primary N) is 1. The molecule has 0 unspecified atom stereocenters. The van der Waals surface area contributed by atoms with Crippen molar-refractivity contribution in [2.45, 2.75) is 17.2 Å². The van der Waals surface area contributed by atoms with Crippen molar-refractivity contribution in [1.29, 1.82) is 0 Å². The number of sulfonamides is 1. The fourth-order valence-corrected chi connectivity index (χ4v) is 4.18. The molecule has 2 N–H and O–H groups in total. The summed E-state index contributed by atoms with van der Waals surface area (Å²) in [6.45, 7) is -0.202. The molecule has 0 amide bonds. The first-order valence-corrected chi connectivity index (χ1v) is 11.2. The third-order valence-corrected chi connectivity index (χ3v) is 6.15. The van der Waals surface area contributed by atoms with Gasteiger partial charge in [0.25, 0.3) is 0 Å². The van der Waals surface area contributed by atoms with Gasteiger partial charge >= 0.3 is 12.4 Å². The number of ether oxygens (including phenoxy) is 3. The molecule has 0 aromatic heterocycles. The standard InChI is InChI=1S/C22H15F6NO5S/c1-32-20-16(21(23,24)25)6-12(7-17(20)22(26,27)28)15-9-19-18(33-10-34-19)8-14(15)11-2-4-13(5-3-11)35(29,30)31/h2-9H,10H2,1H3,(H2,29,30,31). The number of methoxy groups -OCH3 is 1. The molecule has 0 atom stereocenters. The molecular weight excluding hydrogens is 504 g/mol. The SMILES string of the molecule is COc1c(C(F)(F)F)cc(-c2cc3c(cc2-c2ccc(S(N)(=O)=O)cc2)OCO3)cc1C(F)(F)F. The lowest BCUT2D eigenvalue weighted by Gasteiger charge is -2.20. The third-order valence-electron chi connectivity index (χ3n) is 5.22. The van der Waals surface area contributed by atoms with Crippen LogP contribution in [0.15, 0.2) is 53.4 Å². The number of primary sulfonamides is 1. The molecule has 35 heavy (non-hydrogen) atoms. The average Bonchev–Trinajstić information content (AvgIpc) is 3.23. The molecule has 3 aromatic rings. The van der Waals surface area contributed by atoms with E-state index in [1.807, 2.05) is 0 Å². The fraction of sp³-hybridized carbons (Fsp3) is 0.182. The Bertz CT molecular complexity index is 1360. The van der Waals surface area contributed by atoms with Gasteiger partial charge in [-0.3, -0.25) is 0 Å². The first-order valence-electron chi connectivity index (χ1n) is 9.64. The first kappa shape index (κ1) is 24.7. The number of hydrogen-bond donors (Lipinski definition) is 1. The van der Waals surface area contributed by atoms with Gasteiger partial charge in [0.2, 0.25) is 16.8 Å². The van der Waals surface area contributed by atoms with Gasteiger partial charge in [-0.25, -0.2) is 13.6 Å². The molecule has 0 aliphatic carbocycles. The van der Waals surface area contributed by atoms with E-state index in [4.69, 9.17) is 14.6 Å². The van der Waals surface area contributed by atoms with Gasteiger partial charge in [-0.15, -0.1) is 0 Å². The minimum Gasteiger partial charge on any atom is -0.495 e. The maximum Gasteiger partial charge on any atom is 0.420 e. The van der Waals surface area contributed by atoms with E-state index in [1.54, 1.807) is 0 Å². The van der Waals surface area contributed by atoms with E-state index >= 15 is 0 Å². The van der Waals surface area contributed by atoms with Gasteiger partial charge in [0, 0.05) is 0 Å². The maximum absolute atomic E-state index is 13.7. The van der Waals surface area contributed by atoms with Crippen LogP contribution in [-0.2, 0) is 22.4 Å². The number of halogens is 6. The van der Waals surface area contributed by atoms with Crippen molar-refractivity contribution < 1.29 is 49.0 Å². The summed E-state index contributed by atoms with van der Waals surface area (Å²) >= 11 is 0. The van der Waals surface area contributed by atoms with Crippen LogP contribution in [0.3, 0.4) is 0 Å². The zero-order valence-corrected chi connectivity index (χ0v) is 18.4. The van der Waals surface area contributed by atoms with Crippen LogP contribution < -0.4 is 19.3 Å². The van der Waals surface area contributed by atoms with Crippen molar-refractivity contribution in [3.8, 4) is 39.5 Å². The third kappa shape index (κ3) is 4.73. The van der Waals surface area contributed by atoms with Crippen LogP contribution >= 0.6 is 0 Å². The Hall–Kier alpha value is -3.45. The van der Waals surface area contributed by atoms with Crippen molar-refractivity contribution in [1.82, 2.24) is 0 Å². The Morgan fingerprint density at radius 1 is 0.800 bits per heavy atom. The molecule has 0 spiro atoms. The highest BCUT2D eigenvalue weighted by molar-refractivity contribution is 7.89. The smallest absolute Gasteiger partial charge is 0.420 e. The molecule has 4 rings (SSSR count). The van der Waals surface area contributed by atoms with Crippen LogP contribution in [0.4, 0.5) is 26.3 Å². The molecule has 1 aliphatic heterocycles. The molecule has 3 aromatic carbocycles.